The molecule has 124 valence electrons. The topological polar surface area (TPSA) is 41.9 Å². The van der Waals surface area contributed by atoms with Gasteiger partial charge in [-0.25, -0.2) is 4.79 Å². The van der Waals surface area contributed by atoms with Crippen LogP contribution >= 0.6 is 15.9 Å². The largest absolute Gasteiger partial charge is 0.464 e. The molecule has 0 saturated heterocycles. The predicted molar refractivity (Wildman–Crippen MR) is 97.7 cm³/mol. The zero-order chi connectivity index (χ0) is 16.9. The van der Waals surface area contributed by atoms with Crippen LogP contribution in [0.5, 0.6) is 0 Å². The van der Waals surface area contributed by atoms with E-state index in [0.717, 1.165) is 21.3 Å². The minimum Gasteiger partial charge on any atom is -0.464 e. The Balaban J connectivity index is 1.84. The number of ether oxygens (including phenoxy) is 1. The molecule has 1 aliphatic rings. The Hall–Kier alpha value is -2.14. The summed E-state index contributed by atoms with van der Waals surface area (Å²) >= 11 is 3.44. The van der Waals surface area contributed by atoms with Crippen LogP contribution < -0.4 is 0 Å². The second-order valence-electron chi connectivity index (χ2n) is 5.61. The van der Waals surface area contributed by atoms with Crippen LogP contribution in [-0.4, -0.2) is 29.3 Å². The molecule has 0 aliphatic carbocycles. The Bertz CT molecular complexity index is 729. The fourth-order valence-corrected chi connectivity index (χ4v) is 3.00. The Labute approximate surface area is 150 Å². The standard InChI is InChI=1S/C19H19BrN2O2/c1-2-24-19(23)18-12-17(15-8-10-16(20)11-9-15)21-22(18)13-14-6-4-3-5-7-14/h3-11,18H,2,12-13H2,1H3. The number of hydrogen-bond donors (Lipinski definition) is 0. The van der Waals surface area contributed by atoms with Gasteiger partial charge in [0.1, 0.15) is 0 Å². The molecule has 24 heavy (non-hydrogen) atoms. The average Bonchev–Trinajstić information content (AvgIpc) is 3.00. The molecule has 0 spiro atoms. The van der Waals surface area contributed by atoms with Gasteiger partial charge < -0.3 is 4.74 Å². The highest BCUT2D eigenvalue weighted by Crippen LogP contribution is 2.24. The number of nitrogens with zero attached hydrogens (tertiary/aromatic N) is 2. The molecule has 2 aromatic carbocycles. The van der Waals surface area contributed by atoms with E-state index in [9.17, 15) is 4.79 Å². The van der Waals surface area contributed by atoms with Crippen LogP contribution in [0.4, 0.5) is 0 Å². The molecule has 0 saturated carbocycles. The number of hydrazone groups is 1. The lowest BCUT2D eigenvalue weighted by atomic mass is 10.0. The lowest BCUT2D eigenvalue weighted by Gasteiger charge is -2.21. The van der Waals surface area contributed by atoms with Gasteiger partial charge >= 0.3 is 5.97 Å². The van der Waals surface area contributed by atoms with Crippen molar-refractivity contribution in [1.29, 1.82) is 0 Å². The lowest BCUT2D eigenvalue weighted by Crippen LogP contribution is -2.35. The van der Waals surface area contributed by atoms with E-state index in [1.54, 1.807) is 0 Å². The van der Waals surface area contributed by atoms with Crippen LogP contribution in [0, 0.1) is 0 Å². The molecular weight excluding hydrogens is 368 g/mol. The normalized spacial score (nSPS) is 16.8. The summed E-state index contributed by atoms with van der Waals surface area (Å²) in [5.41, 5.74) is 3.06. The van der Waals surface area contributed by atoms with Gasteiger partial charge in [0.15, 0.2) is 6.04 Å². The first-order chi connectivity index (χ1) is 11.7. The molecule has 0 N–H and O–H groups in total. The molecule has 1 unspecified atom stereocenters. The molecule has 4 nitrogen and oxygen atoms in total. The molecule has 0 bridgehead atoms. The summed E-state index contributed by atoms with van der Waals surface area (Å²) < 4.78 is 6.26. The number of hydrogen-bond acceptors (Lipinski definition) is 4. The third-order valence-electron chi connectivity index (χ3n) is 3.92. The van der Waals surface area contributed by atoms with Gasteiger partial charge in [0, 0.05) is 10.9 Å². The first-order valence-electron chi connectivity index (χ1n) is 7.98. The van der Waals surface area contributed by atoms with E-state index < -0.39 is 0 Å². The van der Waals surface area contributed by atoms with E-state index in [2.05, 4.69) is 15.9 Å². The van der Waals surface area contributed by atoms with Crippen molar-refractivity contribution in [2.24, 2.45) is 5.10 Å². The number of benzene rings is 2. The molecular formula is C19H19BrN2O2. The zero-order valence-corrected chi connectivity index (χ0v) is 15.1. The summed E-state index contributed by atoms with van der Waals surface area (Å²) in [6.45, 7) is 2.79. The molecule has 0 aromatic heterocycles. The van der Waals surface area contributed by atoms with Crippen molar-refractivity contribution in [3.63, 3.8) is 0 Å². The van der Waals surface area contributed by atoms with Crippen LogP contribution in [0.1, 0.15) is 24.5 Å². The smallest absolute Gasteiger partial charge is 0.330 e. The maximum absolute atomic E-state index is 12.3. The van der Waals surface area contributed by atoms with E-state index >= 15 is 0 Å². The zero-order valence-electron chi connectivity index (χ0n) is 13.5. The van der Waals surface area contributed by atoms with Gasteiger partial charge in [0.2, 0.25) is 0 Å². The first kappa shape index (κ1) is 16.7. The van der Waals surface area contributed by atoms with E-state index in [0.29, 0.717) is 19.6 Å². The summed E-state index contributed by atoms with van der Waals surface area (Å²) in [6.07, 6.45) is 0.563. The predicted octanol–water partition coefficient (Wildman–Crippen LogP) is 3.99. The van der Waals surface area contributed by atoms with Crippen molar-refractivity contribution >= 4 is 27.6 Å². The van der Waals surface area contributed by atoms with Crippen molar-refractivity contribution in [2.45, 2.75) is 25.9 Å². The Morgan fingerprint density at radius 2 is 1.92 bits per heavy atom. The molecule has 0 radical (unpaired) electrons. The van der Waals surface area contributed by atoms with Gasteiger partial charge in [-0.05, 0) is 30.2 Å². The van der Waals surface area contributed by atoms with Gasteiger partial charge in [-0.3, -0.25) is 5.01 Å². The fraction of sp³-hybridized carbons (Fsp3) is 0.263. The van der Waals surface area contributed by atoms with Gasteiger partial charge in [0.05, 0.1) is 18.9 Å². The SMILES string of the molecule is CCOC(=O)C1CC(c2ccc(Br)cc2)=NN1Cc1ccccc1. The van der Waals surface area contributed by atoms with Gasteiger partial charge in [0.25, 0.3) is 0 Å². The molecule has 2 aromatic rings. The maximum Gasteiger partial charge on any atom is 0.330 e. The number of carbonyl (C=O) groups is 1. The van der Waals surface area contributed by atoms with Crippen molar-refractivity contribution < 1.29 is 9.53 Å². The van der Waals surface area contributed by atoms with Gasteiger partial charge in [-0.1, -0.05) is 58.4 Å². The van der Waals surface area contributed by atoms with Crippen LogP contribution in [0.2, 0.25) is 0 Å². The number of halogens is 1. The quantitative estimate of drug-likeness (QED) is 0.729. The second-order valence-corrected chi connectivity index (χ2v) is 6.52. The van der Waals surface area contributed by atoms with Crippen molar-refractivity contribution in [1.82, 2.24) is 5.01 Å². The summed E-state index contributed by atoms with van der Waals surface area (Å²) in [6, 6.07) is 17.7. The average molecular weight is 387 g/mol. The number of rotatable bonds is 5. The lowest BCUT2D eigenvalue weighted by molar-refractivity contribution is -0.149. The molecule has 3 rings (SSSR count). The Morgan fingerprint density at radius 3 is 2.58 bits per heavy atom. The molecule has 5 heteroatoms. The van der Waals surface area contributed by atoms with Crippen molar-refractivity contribution in [2.75, 3.05) is 6.61 Å². The highest BCUT2D eigenvalue weighted by Gasteiger charge is 2.34. The van der Waals surface area contributed by atoms with E-state index in [1.165, 1.54) is 0 Å². The maximum atomic E-state index is 12.3. The molecule has 1 atom stereocenters. The van der Waals surface area contributed by atoms with E-state index in [1.807, 2.05) is 66.5 Å². The number of carbonyl (C=O) groups excluding carboxylic acids is 1. The van der Waals surface area contributed by atoms with Gasteiger partial charge in [-0.2, -0.15) is 5.10 Å². The van der Waals surface area contributed by atoms with Crippen molar-refractivity contribution in [3.8, 4) is 0 Å². The first-order valence-corrected chi connectivity index (χ1v) is 8.77. The Kier molecular flexibility index (Phi) is 5.30. The molecule has 1 heterocycles. The van der Waals surface area contributed by atoms with Crippen LogP contribution in [-0.2, 0) is 16.1 Å². The monoisotopic (exact) mass is 386 g/mol. The Morgan fingerprint density at radius 1 is 1.21 bits per heavy atom. The fourth-order valence-electron chi connectivity index (χ4n) is 2.73. The third kappa shape index (κ3) is 3.85. The third-order valence-corrected chi connectivity index (χ3v) is 4.45. The highest BCUT2D eigenvalue weighted by molar-refractivity contribution is 9.10. The van der Waals surface area contributed by atoms with E-state index in [-0.39, 0.29) is 12.0 Å². The summed E-state index contributed by atoms with van der Waals surface area (Å²) in [5, 5.41) is 6.54. The van der Waals surface area contributed by atoms with E-state index in [4.69, 9.17) is 9.84 Å². The second kappa shape index (κ2) is 7.62. The van der Waals surface area contributed by atoms with Gasteiger partial charge in [-0.15, -0.1) is 0 Å². The van der Waals surface area contributed by atoms with Crippen LogP contribution in [0.15, 0.2) is 64.2 Å². The minimum absolute atomic E-state index is 0.218. The summed E-state index contributed by atoms with van der Waals surface area (Å²) in [7, 11) is 0. The summed E-state index contributed by atoms with van der Waals surface area (Å²) in [5.74, 6) is -0.218. The molecule has 0 fully saturated rings. The highest BCUT2D eigenvalue weighted by atomic mass is 79.9. The number of esters is 1. The minimum atomic E-state index is -0.371. The molecule has 0 amide bonds. The van der Waals surface area contributed by atoms with Crippen LogP contribution in [0.3, 0.4) is 0 Å². The summed E-state index contributed by atoms with van der Waals surface area (Å²) in [4.78, 5) is 12.3. The van der Waals surface area contributed by atoms with Crippen molar-refractivity contribution in [3.05, 3.63) is 70.2 Å². The molecule has 1 aliphatic heterocycles. The van der Waals surface area contributed by atoms with Crippen LogP contribution in [0.25, 0.3) is 0 Å².